The molecule has 144 valence electrons. The molecule has 2 heterocycles. The van der Waals surface area contributed by atoms with Crippen LogP contribution in [0.5, 0.6) is 0 Å². The van der Waals surface area contributed by atoms with Crippen LogP contribution in [0.15, 0.2) is 33.9 Å². The lowest BCUT2D eigenvalue weighted by Crippen LogP contribution is -2.24. The molecule has 0 saturated heterocycles. The monoisotopic (exact) mass is 388 g/mol. The van der Waals surface area contributed by atoms with Crippen molar-refractivity contribution in [2.45, 2.75) is 32.0 Å². The molecule has 0 spiro atoms. The predicted octanol–water partition coefficient (Wildman–Crippen LogP) is 2.85. The van der Waals surface area contributed by atoms with Gasteiger partial charge in [-0.3, -0.25) is 14.8 Å². The van der Waals surface area contributed by atoms with Crippen molar-refractivity contribution in [3.8, 4) is 0 Å². The highest BCUT2D eigenvalue weighted by atomic mass is 19.4. The van der Waals surface area contributed by atoms with Gasteiger partial charge in [0.1, 0.15) is 11.0 Å². The molecule has 27 heavy (non-hydrogen) atoms. The summed E-state index contributed by atoms with van der Waals surface area (Å²) in [4.78, 5) is 27.3. The Morgan fingerprint density at radius 3 is 2.30 bits per heavy atom. The smallest absolute Gasteiger partial charge is 0.291 e. The molecule has 0 fully saturated rings. The van der Waals surface area contributed by atoms with E-state index in [1.807, 2.05) is 0 Å². The fourth-order valence-electron chi connectivity index (χ4n) is 2.80. The number of hydrogen-bond donors (Lipinski definition) is 2. The zero-order valence-corrected chi connectivity index (χ0v) is 13.8. The SMILES string of the molecule is C[C@@H](c1ccc(CC(F)F)cc1)n1nc(C(F)(F)F)c2c(=O)[nH]c(=O)[nH]c21. The number of fused-ring (bicyclic) bond motifs is 1. The summed E-state index contributed by atoms with van der Waals surface area (Å²) in [6.07, 6.45) is -7.87. The van der Waals surface area contributed by atoms with Crippen molar-refractivity contribution in [1.29, 1.82) is 0 Å². The van der Waals surface area contributed by atoms with Crippen LogP contribution in [0.4, 0.5) is 22.0 Å². The summed E-state index contributed by atoms with van der Waals surface area (Å²) in [7, 11) is 0. The second kappa shape index (κ2) is 6.63. The van der Waals surface area contributed by atoms with Crippen molar-refractivity contribution >= 4 is 11.0 Å². The van der Waals surface area contributed by atoms with Gasteiger partial charge in [-0.05, 0) is 18.1 Å². The summed E-state index contributed by atoms with van der Waals surface area (Å²) < 4.78 is 65.5. The molecule has 3 rings (SSSR count). The molecular formula is C16H13F5N4O2. The average Bonchev–Trinajstić information content (AvgIpc) is 2.94. The van der Waals surface area contributed by atoms with Crippen molar-refractivity contribution in [2.24, 2.45) is 0 Å². The Morgan fingerprint density at radius 2 is 1.74 bits per heavy atom. The Kier molecular flexibility index (Phi) is 4.62. The first-order valence-electron chi connectivity index (χ1n) is 7.77. The highest BCUT2D eigenvalue weighted by Gasteiger charge is 2.39. The number of H-pyrrole nitrogens is 2. The van der Waals surface area contributed by atoms with E-state index in [9.17, 15) is 31.5 Å². The molecule has 0 saturated carbocycles. The van der Waals surface area contributed by atoms with Crippen molar-refractivity contribution in [3.05, 3.63) is 61.9 Å². The van der Waals surface area contributed by atoms with Gasteiger partial charge in [-0.2, -0.15) is 18.3 Å². The number of nitrogens with zero attached hydrogens (tertiary/aromatic N) is 2. The molecule has 3 aromatic rings. The minimum absolute atomic E-state index is 0.368. The van der Waals surface area contributed by atoms with E-state index in [1.54, 1.807) is 4.98 Å². The summed E-state index contributed by atoms with van der Waals surface area (Å²) in [6.45, 7) is 1.51. The Labute approximate surface area is 147 Å². The molecular weight excluding hydrogens is 375 g/mol. The second-order valence-electron chi connectivity index (χ2n) is 5.94. The first-order valence-corrected chi connectivity index (χ1v) is 7.77. The minimum atomic E-state index is -4.91. The van der Waals surface area contributed by atoms with Gasteiger partial charge in [0.2, 0.25) is 6.43 Å². The maximum absolute atomic E-state index is 13.3. The van der Waals surface area contributed by atoms with Crippen molar-refractivity contribution < 1.29 is 22.0 Å². The molecule has 0 aliphatic heterocycles. The fraction of sp³-hybridized carbons (Fsp3) is 0.312. The van der Waals surface area contributed by atoms with E-state index in [2.05, 4.69) is 10.1 Å². The van der Waals surface area contributed by atoms with Crippen LogP contribution in [0.2, 0.25) is 0 Å². The molecule has 0 radical (unpaired) electrons. The second-order valence-corrected chi connectivity index (χ2v) is 5.94. The topological polar surface area (TPSA) is 83.5 Å². The summed E-state index contributed by atoms with van der Waals surface area (Å²) in [5.41, 5.74) is -3.13. The summed E-state index contributed by atoms with van der Waals surface area (Å²) in [6, 6.07) is 5.03. The van der Waals surface area contributed by atoms with E-state index in [1.165, 1.54) is 31.2 Å². The van der Waals surface area contributed by atoms with Gasteiger partial charge in [0, 0.05) is 6.42 Å². The summed E-state index contributed by atoms with van der Waals surface area (Å²) >= 11 is 0. The number of aromatic nitrogens is 4. The van der Waals surface area contributed by atoms with Gasteiger partial charge >= 0.3 is 11.9 Å². The Bertz CT molecular complexity index is 1080. The highest BCUT2D eigenvalue weighted by Crippen LogP contribution is 2.33. The van der Waals surface area contributed by atoms with Gasteiger partial charge in [0.25, 0.3) is 5.56 Å². The fourth-order valence-corrected chi connectivity index (χ4v) is 2.80. The molecule has 6 nitrogen and oxygen atoms in total. The molecule has 0 bridgehead atoms. The maximum atomic E-state index is 13.3. The molecule has 2 N–H and O–H groups in total. The van der Waals surface area contributed by atoms with Crippen LogP contribution < -0.4 is 11.2 Å². The first kappa shape index (κ1) is 18.8. The van der Waals surface area contributed by atoms with E-state index < -0.39 is 47.4 Å². The van der Waals surface area contributed by atoms with E-state index in [-0.39, 0.29) is 5.65 Å². The largest absolute Gasteiger partial charge is 0.436 e. The summed E-state index contributed by atoms with van der Waals surface area (Å²) in [5, 5.41) is 2.72. The number of benzene rings is 1. The highest BCUT2D eigenvalue weighted by molar-refractivity contribution is 5.77. The van der Waals surface area contributed by atoms with Crippen LogP contribution in [-0.4, -0.2) is 26.2 Å². The number of nitrogens with one attached hydrogen (secondary N) is 2. The third kappa shape index (κ3) is 3.62. The van der Waals surface area contributed by atoms with Crippen molar-refractivity contribution in [2.75, 3.05) is 0 Å². The number of aromatic amines is 2. The molecule has 0 amide bonds. The van der Waals surface area contributed by atoms with Gasteiger partial charge in [-0.1, -0.05) is 24.3 Å². The molecule has 11 heteroatoms. The number of hydrogen-bond acceptors (Lipinski definition) is 3. The first-order chi connectivity index (χ1) is 12.6. The average molecular weight is 388 g/mol. The van der Waals surface area contributed by atoms with E-state index in [0.717, 1.165) is 4.68 Å². The molecule has 1 atom stereocenters. The van der Waals surface area contributed by atoms with Gasteiger partial charge in [0.15, 0.2) is 5.69 Å². The zero-order chi connectivity index (χ0) is 19.9. The standard InChI is InChI=1S/C16H13F5N4O2/c1-7(9-4-2-8(3-5-9)6-10(17)18)25-13-11(12(24-25)16(19,20)21)14(26)23-15(27)22-13/h2-5,7,10H,6H2,1H3,(H2,22,23,26,27)/t7-/m0/s1. The third-order valence-electron chi connectivity index (χ3n) is 4.08. The van der Waals surface area contributed by atoms with Crippen molar-refractivity contribution in [1.82, 2.24) is 19.7 Å². The van der Waals surface area contributed by atoms with Crippen LogP contribution >= 0.6 is 0 Å². The Morgan fingerprint density at radius 1 is 1.11 bits per heavy atom. The lowest BCUT2D eigenvalue weighted by atomic mass is 10.0. The third-order valence-corrected chi connectivity index (χ3v) is 4.08. The van der Waals surface area contributed by atoms with E-state index in [0.29, 0.717) is 11.1 Å². The quantitative estimate of drug-likeness (QED) is 0.675. The van der Waals surface area contributed by atoms with Crippen LogP contribution in [0.3, 0.4) is 0 Å². The maximum Gasteiger partial charge on any atom is 0.436 e. The number of rotatable bonds is 4. The Balaban J connectivity index is 2.13. The molecule has 0 unspecified atom stereocenters. The lowest BCUT2D eigenvalue weighted by Gasteiger charge is -2.14. The minimum Gasteiger partial charge on any atom is -0.291 e. The Hall–Kier alpha value is -2.98. The number of halogens is 5. The van der Waals surface area contributed by atoms with Crippen molar-refractivity contribution in [3.63, 3.8) is 0 Å². The zero-order valence-electron chi connectivity index (χ0n) is 13.8. The van der Waals surface area contributed by atoms with E-state index in [4.69, 9.17) is 0 Å². The lowest BCUT2D eigenvalue weighted by molar-refractivity contribution is -0.140. The van der Waals surface area contributed by atoms with Crippen LogP contribution in [-0.2, 0) is 12.6 Å². The van der Waals surface area contributed by atoms with Gasteiger partial charge in [0.05, 0.1) is 6.04 Å². The number of alkyl halides is 5. The van der Waals surface area contributed by atoms with Crippen LogP contribution in [0.25, 0.3) is 11.0 Å². The normalized spacial score (nSPS) is 13.4. The van der Waals surface area contributed by atoms with Gasteiger partial charge in [-0.25, -0.2) is 18.3 Å². The predicted molar refractivity (Wildman–Crippen MR) is 85.9 cm³/mol. The molecule has 0 aliphatic rings. The van der Waals surface area contributed by atoms with Gasteiger partial charge < -0.3 is 0 Å². The molecule has 1 aromatic carbocycles. The van der Waals surface area contributed by atoms with Gasteiger partial charge in [-0.15, -0.1) is 0 Å². The molecule has 0 aliphatic carbocycles. The molecule has 2 aromatic heterocycles. The van der Waals surface area contributed by atoms with Crippen LogP contribution in [0, 0.1) is 0 Å². The van der Waals surface area contributed by atoms with Crippen LogP contribution in [0.1, 0.15) is 29.8 Å². The summed E-state index contributed by atoms with van der Waals surface area (Å²) in [5.74, 6) is 0. The van der Waals surface area contributed by atoms with E-state index >= 15 is 0 Å².